The van der Waals surface area contributed by atoms with Gasteiger partial charge in [0, 0.05) is 50.2 Å². The van der Waals surface area contributed by atoms with Crippen molar-refractivity contribution < 1.29 is 19.7 Å². The second kappa shape index (κ2) is 9.34. The standard InChI is InChI=1S/C24H25N7O4/c1-34-20-4-3-16(12-25)11-17(20)21-19(14-30(29-21)15-24(33)5-9-35-10-6-24)28-23(32)18-13-27-31-8-2-7-26-22(18)31/h2-4,7-8,11,13-14,23,28,32-33H,5-6,9-10,15H2,1H3. The number of benzene rings is 1. The molecule has 1 aliphatic rings. The van der Waals surface area contributed by atoms with Crippen molar-refractivity contribution in [3.63, 3.8) is 0 Å². The van der Waals surface area contributed by atoms with Crippen molar-refractivity contribution in [1.29, 1.82) is 5.26 Å². The number of nitriles is 1. The Bertz CT molecular complexity index is 1380. The second-order valence-corrected chi connectivity index (χ2v) is 8.49. The first-order valence-corrected chi connectivity index (χ1v) is 11.2. The molecule has 1 fully saturated rings. The lowest BCUT2D eigenvalue weighted by Gasteiger charge is -2.31. The van der Waals surface area contributed by atoms with E-state index in [0.29, 0.717) is 65.5 Å². The van der Waals surface area contributed by atoms with Crippen LogP contribution in [0.3, 0.4) is 0 Å². The van der Waals surface area contributed by atoms with Crippen LogP contribution >= 0.6 is 0 Å². The fourth-order valence-electron chi connectivity index (χ4n) is 4.24. The number of aliphatic hydroxyl groups excluding tert-OH is 1. The molecule has 0 radical (unpaired) electrons. The number of ether oxygens (including phenoxy) is 2. The highest BCUT2D eigenvalue weighted by atomic mass is 16.5. The van der Waals surface area contributed by atoms with Crippen molar-refractivity contribution in [1.82, 2.24) is 24.4 Å². The number of methoxy groups -OCH3 is 1. The Kier molecular flexibility index (Phi) is 6.08. The van der Waals surface area contributed by atoms with E-state index in [-0.39, 0.29) is 6.54 Å². The van der Waals surface area contributed by atoms with Crippen LogP contribution in [0, 0.1) is 11.3 Å². The van der Waals surface area contributed by atoms with Crippen LogP contribution in [0.25, 0.3) is 16.9 Å². The number of hydrogen-bond donors (Lipinski definition) is 3. The van der Waals surface area contributed by atoms with Gasteiger partial charge in [0.2, 0.25) is 0 Å². The number of nitrogens with zero attached hydrogens (tertiary/aromatic N) is 6. The molecule has 180 valence electrons. The Hall–Kier alpha value is -3.98. The predicted octanol–water partition coefficient (Wildman–Crippen LogP) is 2.12. The maximum atomic E-state index is 11.0. The van der Waals surface area contributed by atoms with Crippen molar-refractivity contribution in [2.45, 2.75) is 31.2 Å². The zero-order valence-electron chi connectivity index (χ0n) is 19.1. The van der Waals surface area contributed by atoms with Crippen molar-refractivity contribution in [2.24, 2.45) is 0 Å². The van der Waals surface area contributed by atoms with Crippen molar-refractivity contribution in [3.05, 3.63) is 60.2 Å². The summed E-state index contributed by atoms with van der Waals surface area (Å²) >= 11 is 0. The lowest BCUT2D eigenvalue weighted by Crippen LogP contribution is -2.40. The van der Waals surface area contributed by atoms with Gasteiger partial charge >= 0.3 is 0 Å². The summed E-state index contributed by atoms with van der Waals surface area (Å²) < 4.78 is 14.1. The smallest absolute Gasteiger partial charge is 0.162 e. The fourth-order valence-corrected chi connectivity index (χ4v) is 4.24. The van der Waals surface area contributed by atoms with Gasteiger partial charge < -0.3 is 25.0 Å². The van der Waals surface area contributed by atoms with E-state index < -0.39 is 11.8 Å². The molecule has 3 N–H and O–H groups in total. The number of fused-ring (bicyclic) bond motifs is 1. The summed E-state index contributed by atoms with van der Waals surface area (Å²) in [4.78, 5) is 4.30. The molecule has 1 unspecified atom stereocenters. The van der Waals surface area contributed by atoms with Crippen molar-refractivity contribution >= 4 is 11.3 Å². The molecule has 11 nitrogen and oxygen atoms in total. The first kappa shape index (κ1) is 22.8. The lowest BCUT2D eigenvalue weighted by atomic mass is 9.94. The first-order chi connectivity index (χ1) is 17.0. The van der Waals surface area contributed by atoms with Gasteiger partial charge in [0.15, 0.2) is 11.9 Å². The Labute approximate surface area is 201 Å². The fraction of sp³-hybridized carbons (Fsp3) is 0.333. The van der Waals surface area contributed by atoms with E-state index in [1.54, 1.807) is 65.4 Å². The highest BCUT2D eigenvalue weighted by molar-refractivity contribution is 5.79. The molecule has 0 saturated carbocycles. The highest BCUT2D eigenvalue weighted by Gasteiger charge is 2.31. The quantitative estimate of drug-likeness (QED) is 0.343. The number of rotatable bonds is 7. The summed E-state index contributed by atoms with van der Waals surface area (Å²) in [5, 5.41) is 43.6. The maximum absolute atomic E-state index is 11.0. The van der Waals surface area contributed by atoms with E-state index in [9.17, 15) is 15.5 Å². The predicted molar refractivity (Wildman–Crippen MR) is 126 cm³/mol. The molecule has 4 heterocycles. The third-order valence-electron chi connectivity index (χ3n) is 6.12. The van der Waals surface area contributed by atoms with E-state index in [1.807, 2.05) is 0 Å². The molecule has 1 aromatic carbocycles. The zero-order valence-corrected chi connectivity index (χ0v) is 19.1. The van der Waals surface area contributed by atoms with E-state index in [2.05, 4.69) is 21.5 Å². The van der Waals surface area contributed by atoms with Crippen LogP contribution in [0.2, 0.25) is 0 Å². The minimum absolute atomic E-state index is 0.250. The topological polar surface area (TPSA) is 143 Å². The summed E-state index contributed by atoms with van der Waals surface area (Å²) in [7, 11) is 1.54. The molecule has 35 heavy (non-hydrogen) atoms. The molecular weight excluding hydrogens is 450 g/mol. The largest absolute Gasteiger partial charge is 0.496 e. The number of hydrogen-bond acceptors (Lipinski definition) is 9. The number of aliphatic hydroxyl groups is 2. The summed E-state index contributed by atoms with van der Waals surface area (Å²) in [5.74, 6) is 0.522. The molecular formula is C24H25N7O4. The third kappa shape index (κ3) is 4.54. The van der Waals surface area contributed by atoms with E-state index in [0.717, 1.165) is 0 Å². The Morgan fingerprint density at radius 3 is 2.94 bits per heavy atom. The van der Waals surface area contributed by atoms with Crippen molar-refractivity contribution in [3.8, 4) is 23.1 Å². The Morgan fingerprint density at radius 2 is 2.17 bits per heavy atom. The number of anilines is 1. The van der Waals surface area contributed by atoms with Crippen LogP contribution in [-0.2, 0) is 11.3 Å². The lowest BCUT2D eigenvalue weighted by molar-refractivity contribution is -0.0744. The molecule has 11 heteroatoms. The average Bonchev–Trinajstić information content (AvgIpc) is 3.47. The van der Waals surface area contributed by atoms with E-state index in [1.165, 1.54) is 0 Å². The van der Waals surface area contributed by atoms with E-state index in [4.69, 9.17) is 14.6 Å². The van der Waals surface area contributed by atoms with Crippen LogP contribution in [-0.4, -0.2) is 60.5 Å². The first-order valence-electron chi connectivity index (χ1n) is 11.2. The number of nitrogens with one attached hydrogen (secondary N) is 1. The van der Waals surface area contributed by atoms with Gasteiger partial charge in [-0.15, -0.1) is 0 Å². The van der Waals surface area contributed by atoms with Gasteiger partial charge in [-0.05, 0) is 24.3 Å². The maximum Gasteiger partial charge on any atom is 0.162 e. The third-order valence-corrected chi connectivity index (χ3v) is 6.12. The molecule has 1 aliphatic heterocycles. The summed E-state index contributed by atoms with van der Waals surface area (Å²) in [5.41, 5.74) is 2.04. The van der Waals surface area contributed by atoms with E-state index >= 15 is 0 Å². The Balaban J connectivity index is 1.55. The molecule has 1 saturated heterocycles. The second-order valence-electron chi connectivity index (χ2n) is 8.49. The average molecular weight is 476 g/mol. The summed E-state index contributed by atoms with van der Waals surface area (Å²) in [6.07, 6.45) is 6.49. The van der Waals surface area contributed by atoms with Crippen LogP contribution in [0.1, 0.15) is 30.2 Å². The molecule has 4 aromatic rings. The highest BCUT2D eigenvalue weighted by Crippen LogP contribution is 2.37. The normalized spacial score (nSPS) is 16.1. The minimum Gasteiger partial charge on any atom is -0.496 e. The summed E-state index contributed by atoms with van der Waals surface area (Å²) in [6.45, 7) is 1.21. The van der Waals surface area contributed by atoms with Gasteiger partial charge in [-0.2, -0.15) is 15.5 Å². The molecule has 3 aromatic heterocycles. The molecule has 5 rings (SSSR count). The van der Waals surface area contributed by atoms with Gasteiger partial charge in [-0.1, -0.05) is 0 Å². The van der Waals surface area contributed by atoms with Gasteiger partial charge in [0.1, 0.15) is 11.4 Å². The Morgan fingerprint density at radius 1 is 1.34 bits per heavy atom. The van der Waals surface area contributed by atoms with Gasteiger partial charge in [0.25, 0.3) is 0 Å². The molecule has 0 aliphatic carbocycles. The molecule has 0 amide bonds. The molecule has 1 atom stereocenters. The van der Waals surface area contributed by atoms with Gasteiger partial charge in [-0.3, -0.25) is 4.68 Å². The van der Waals surface area contributed by atoms with Crippen LogP contribution in [0.5, 0.6) is 5.75 Å². The minimum atomic E-state index is -1.14. The SMILES string of the molecule is COc1ccc(C#N)cc1-c1nn(CC2(O)CCOCC2)cc1NC(O)c1cnn2cccnc12. The molecule has 0 spiro atoms. The van der Waals surface area contributed by atoms with Gasteiger partial charge in [-0.25, -0.2) is 9.50 Å². The van der Waals surface area contributed by atoms with Crippen molar-refractivity contribution in [2.75, 3.05) is 25.6 Å². The summed E-state index contributed by atoms with van der Waals surface area (Å²) in [6, 6.07) is 8.94. The molecule has 0 bridgehead atoms. The number of aromatic nitrogens is 5. The van der Waals surface area contributed by atoms with Gasteiger partial charge in [0.05, 0.1) is 48.3 Å². The van der Waals surface area contributed by atoms with Crippen LogP contribution in [0.15, 0.2) is 49.1 Å². The van der Waals surface area contributed by atoms with Crippen LogP contribution < -0.4 is 10.1 Å². The monoisotopic (exact) mass is 475 g/mol. The zero-order chi connectivity index (χ0) is 24.4. The van der Waals surface area contributed by atoms with Crippen LogP contribution in [0.4, 0.5) is 5.69 Å².